The number of aromatic nitrogens is 2. The highest BCUT2D eigenvalue weighted by molar-refractivity contribution is 6.42. The van der Waals surface area contributed by atoms with Crippen molar-refractivity contribution in [1.29, 1.82) is 0 Å². The molecule has 0 amide bonds. The molecule has 1 N–H and O–H groups in total. The van der Waals surface area contributed by atoms with Gasteiger partial charge in [0.1, 0.15) is 5.75 Å². The Morgan fingerprint density at radius 1 is 1.10 bits per heavy atom. The normalized spacial score (nSPS) is 14.9. The summed E-state index contributed by atoms with van der Waals surface area (Å²) in [5.74, 6) is 0.846. The number of hydrogen-bond acceptors (Lipinski definition) is 1. The summed E-state index contributed by atoms with van der Waals surface area (Å²) in [7, 11) is 0.866. The van der Waals surface area contributed by atoms with Crippen LogP contribution in [0.3, 0.4) is 0 Å². The van der Waals surface area contributed by atoms with Crippen LogP contribution >= 0.6 is 0 Å². The lowest BCUT2D eigenvalue weighted by Crippen LogP contribution is -2.24. The van der Waals surface area contributed by atoms with Crippen LogP contribution in [0.25, 0.3) is 23.5 Å². The topological polar surface area (TPSA) is 33.0 Å². The molecule has 1 aromatic carbocycles. The number of ether oxygens (including phenoxy) is 1. The van der Waals surface area contributed by atoms with Gasteiger partial charge >= 0.3 is 7.12 Å². The molecule has 1 aliphatic rings. The fraction of sp³-hybridized carbons (Fsp3) is 0.160. The maximum absolute atomic E-state index is 14.6. The van der Waals surface area contributed by atoms with Gasteiger partial charge in [-0.1, -0.05) is 12.1 Å². The van der Waals surface area contributed by atoms with Crippen LogP contribution in [-0.2, 0) is 7.05 Å². The zero-order chi connectivity index (χ0) is 21.8. The molecule has 4 rings (SSSR count). The zero-order valence-corrected chi connectivity index (χ0v) is 18.0. The first-order valence-electron chi connectivity index (χ1n) is 10.5. The van der Waals surface area contributed by atoms with Gasteiger partial charge in [0.25, 0.3) is 0 Å². The Morgan fingerprint density at radius 2 is 1.90 bits per heavy atom. The van der Waals surface area contributed by atoms with Gasteiger partial charge in [0.2, 0.25) is 0 Å². The first-order chi connectivity index (χ1) is 15.1. The van der Waals surface area contributed by atoms with Crippen molar-refractivity contribution in [3.8, 4) is 17.1 Å². The zero-order valence-electron chi connectivity index (χ0n) is 18.0. The fourth-order valence-corrected chi connectivity index (χ4v) is 3.75. The predicted molar refractivity (Wildman–Crippen MR) is 127 cm³/mol. The monoisotopic (exact) mass is 414 g/mol. The molecule has 31 heavy (non-hydrogen) atoms. The number of rotatable bonds is 7. The molecule has 0 spiro atoms. The van der Waals surface area contributed by atoms with E-state index in [1.807, 2.05) is 93.0 Å². The second-order valence-electron chi connectivity index (χ2n) is 7.39. The summed E-state index contributed by atoms with van der Waals surface area (Å²) in [6.45, 7) is 4.16. The Labute approximate surface area is 182 Å². The summed E-state index contributed by atoms with van der Waals surface area (Å²) in [6.07, 6.45) is 11.7. The minimum absolute atomic E-state index is 0.643. The smallest absolute Gasteiger partial charge is 0.494 e. The van der Waals surface area contributed by atoms with Gasteiger partial charge in [-0.2, -0.15) is 0 Å². The highest BCUT2D eigenvalue weighted by atomic mass is 19.1. The van der Waals surface area contributed by atoms with Crippen LogP contribution in [0.1, 0.15) is 18.2 Å². The fourth-order valence-electron chi connectivity index (χ4n) is 3.75. The third-order valence-electron chi connectivity index (χ3n) is 5.30. The van der Waals surface area contributed by atoms with Gasteiger partial charge < -0.3 is 14.3 Å². The van der Waals surface area contributed by atoms with E-state index < -0.39 is 7.12 Å². The summed E-state index contributed by atoms with van der Waals surface area (Å²) in [5, 5.41) is 0. The van der Waals surface area contributed by atoms with Gasteiger partial charge in [0.05, 0.1) is 18.0 Å². The Hall–Kier alpha value is -3.54. The Kier molecular flexibility index (Phi) is 6.07. The molecule has 1 aliphatic heterocycles. The molecule has 4 nitrogen and oxygen atoms in total. The van der Waals surface area contributed by atoms with Crippen LogP contribution in [0.5, 0.6) is 5.75 Å². The Morgan fingerprint density at radius 3 is 2.58 bits per heavy atom. The first kappa shape index (κ1) is 20.7. The van der Waals surface area contributed by atoms with Crippen molar-refractivity contribution < 1.29 is 13.5 Å². The van der Waals surface area contributed by atoms with Crippen LogP contribution in [0.2, 0.25) is 6.82 Å². The van der Waals surface area contributed by atoms with Crippen molar-refractivity contribution in [1.82, 2.24) is 9.55 Å². The molecule has 0 saturated heterocycles. The van der Waals surface area contributed by atoms with E-state index in [4.69, 9.17) is 4.74 Å². The summed E-state index contributed by atoms with van der Waals surface area (Å²) in [6, 6.07) is 16.0. The number of allylic oxidation sites excluding steroid dienone is 3. The molecule has 0 atom stereocenters. The van der Waals surface area contributed by atoms with Crippen molar-refractivity contribution >= 4 is 25.0 Å². The van der Waals surface area contributed by atoms with Crippen molar-refractivity contribution in [3.63, 3.8) is 0 Å². The maximum Gasteiger partial charge on any atom is 0.696 e. The quantitative estimate of drug-likeness (QED) is 0.503. The van der Waals surface area contributed by atoms with E-state index in [9.17, 15) is 4.32 Å². The average Bonchev–Trinajstić information content (AvgIpc) is 3.49. The highest BCUT2D eigenvalue weighted by Gasteiger charge is 2.33. The molecule has 156 valence electrons. The average molecular weight is 414 g/mol. The minimum Gasteiger partial charge on any atom is -0.494 e. The first-order valence-corrected chi connectivity index (χ1v) is 10.5. The number of H-pyrrole nitrogens is 1. The Balaban J connectivity index is 1.61. The summed E-state index contributed by atoms with van der Waals surface area (Å²) in [5.41, 5.74) is 5.81. The van der Waals surface area contributed by atoms with E-state index in [2.05, 4.69) is 15.6 Å². The third kappa shape index (κ3) is 4.48. The predicted octanol–water partition coefficient (Wildman–Crippen LogP) is 5.58. The maximum atomic E-state index is 14.6. The molecule has 6 heteroatoms. The van der Waals surface area contributed by atoms with Crippen molar-refractivity contribution in [3.05, 3.63) is 89.9 Å². The number of halogens is 1. The number of aromatic amines is 1. The van der Waals surface area contributed by atoms with Gasteiger partial charge in [0, 0.05) is 50.1 Å². The molecule has 3 heterocycles. The van der Waals surface area contributed by atoms with E-state index in [0.29, 0.717) is 6.61 Å². The van der Waals surface area contributed by atoms with Gasteiger partial charge in [-0.3, -0.25) is 0 Å². The van der Waals surface area contributed by atoms with E-state index >= 15 is 0 Å². The lowest BCUT2D eigenvalue weighted by atomic mass is 9.90. The number of hydrogen-bond donors (Lipinski definition) is 1. The highest BCUT2D eigenvalue weighted by Crippen LogP contribution is 2.23. The molecule has 0 saturated carbocycles. The van der Waals surface area contributed by atoms with Crippen LogP contribution in [0, 0.1) is 0 Å². The molecule has 0 radical (unpaired) electrons. The van der Waals surface area contributed by atoms with E-state index in [-0.39, 0.29) is 0 Å². The summed E-state index contributed by atoms with van der Waals surface area (Å²) >= 11 is 0. The van der Waals surface area contributed by atoms with E-state index in [0.717, 1.165) is 39.8 Å². The van der Waals surface area contributed by atoms with Crippen molar-refractivity contribution in [2.24, 2.45) is 7.05 Å². The van der Waals surface area contributed by atoms with E-state index in [1.165, 1.54) is 0 Å². The molecule has 0 aliphatic carbocycles. The van der Waals surface area contributed by atoms with E-state index in [1.54, 1.807) is 11.3 Å². The molecular weight excluding hydrogens is 388 g/mol. The summed E-state index contributed by atoms with van der Waals surface area (Å²) in [4.78, 5) is 3.23. The van der Waals surface area contributed by atoms with Crippen LogP contribution in [0.4, 0.5) is 4.32 Å². The largest absolute Gasteiger partial charge is 0.696 e. The molecule has 0 fully saturated rings. The molecule has 0 unspecified atom stereocenters. The molecular formula is C25H26BFN3O+. The number of benzene rings is 1. The van der Waals surface area contributed by atoms with Crippen molar-refractivity contribution in [2.75, 3.05) is 6.61 Å². The second-order valence-corrected chi connectivity index (χ2v) is 7.39. The lowest BCUT2D eigenvalue weighted by Gasteiger charge is -2.05. The molecule has 3 aromatic rings. The second kappa shape index (κ2) is 9.08. The Bertz CT molecular complexity index is 1170. The lowest BCUT2D eigenvalue weighted by molar-refractivity contribution is -0.326. The molecule has 0 bridgehead atoms. The summed E-state index contributed by atoms with van der Waals surface area (Å²) < 4.78 is 23.8. The number of nitrogens with one attached hydrogen (secondary N) is 1. The van der Waals surface area contributed by atoms with Gasteiger partial charge in [-0.05, 0) is 55.0 Å². The van der Waals surface area contributed by atoms with Crippen LogP contribution in [0.15, 0.2) is 78.7 Å². The van der Waals surface area contributed by atoms with Crippen LogP contribution in [-0.4, -0.2) is 33.5 Å². The van der Waals surface area contributed by atoms with Gasteiger partial charge in [0.15, 0.2) is 11.4 Å². The van der Waals surface area contributed by atoms with Gasteiger partial charge in [-0.25, -0.2) is 8.80 Å². The molecule has 2 aromatic heterocycles. The SMILES string of the molecule is CCOc1ccc(/C=C/C2=[N+](B(C)F)C(=C\c3ccc(-c4ccc[nH]4)n3C)/C=C2)cc1. The number of nitrogens with zero attached hydrogens (tertiary/aromatic N) is 2. The standard InChI is InChI=1S/C25H25BFN3O/c1-4-31-23-14-8-19(9-15-23)7-10-20-11-12-22(30(20)26(2)27)18-21-13-16-25(29(21)3)24-6-5-17-28-24/h5-18H,4H2,1-3H3/p+1/b10-7+. The van der Waals surface area contributed by atoms with Gasteiger partial charge in [-0.15, -0.1) is 0 Å². The minimum atomic E-state index is -1.15. The van der Waals surface area contributed by atoms with Crippen molar-refractivity contribution in [2.45, 2.75) is 13.7 Å². The third-order valence-corrected chi connectivity index (χ3v) is 5.30. The van der Waals surface area contributed by atoms with Crippen LogP contribution < -0.4 is 4.74 Å².